The Morgan fingerprint density at radius 1 is 0.826 bits per heavy atom. The Morgan fingerprint density at radius 2 is 1.46 bits per heavy atom. The second kappa shape index (κ2) is 16.2. The van der Waals surface area contributed by atoms with E-state index < -0.39 is 9.84 Å². The van der Waals surface area contributed by atoms with Gasteiger partial charge in [-0.3, -0.25) is 4.79 Å². The van der Waals surface area contributed by atoms with E-state index in [1.54, 1.807) is 0 Å². The zero-order valence-corrected chi connectivity index (χ0v) is 31.0. The Morgan fingerprint density at radius 3 is 2.17 bits per heavy atom. The largest absolute Gasteiger partial charge is 1.00 e. The minimum Gasteiger partial charge on any atom is -1.00 e. The van der Waals surface area contributed by atoms with Crippen LogP contribution in [0, 0.1) is 0 Å². The average molecular weight is 753 g/mol. The lowest BCUT2D eigenvalue weighted by Gasteiger charge is -2.27. The number of hydrogen-bond acceptors (Lipinski definition) is 4. The van der Waals surface area contributed by atoms with Crippen LogP contribution in [0.4, 0.5) is 11.4 Å². The van der Waals surface area contributed by atoms with Gasteiger partial charge < -0.3 is 28.9 Å². The van der Waals surface area contributed by atoms with Crippen LogP contribution >= 0.6 is 0 Å². The predicted octanol–water partition coefficient (Wildman–Crippen LogP) is 5.51. The maximum Gasteiger partial charge on any atom is 0.209 e. The molecule has 2 aromatic carbocycles. The van der Waals surface area contributed by atoms with Crippen molar-refractivity contribution in [1.82, 2.24) is 0 Å². The summed E-state index contributed by atoms with van der Waals surface area (Å²) in [5.74, 6) is 0.130. The molecule has 0 aliphatic carbocycles. The number of para-hydroxylation sites is 2. The van der Waals surface area contributed by atoms with Crippen LogP contribution in [0.2, 0.25) is 0 Å². The van der Waals surface area contributed by atoms with E-state index in [4.69, 9.17) is 0 Å². The third kappa shape index (κ3) is 8.65. The number of carbonyl (C=O) groups is 1. The number of halogens is 1. The number of unbranched alkanes of at least 4 members (excludes halogenated alkanes) is 2. The van der Waals surface area contributed by atoms with Gasteiger partial charge in [0.1, 0.15) is 12.8 Å². The first kappa shape index (κ1) is 37.4. The Kier molecular flexibility index (Phi) is 13.2. The van der Waals surface area contributed by atoms with Crippen molar-refractivity contribution in [2.45, 2.75) is 77.0 Å². The molecular weight excluding hydrogens is 703 g/mol. The summed E-state index contributed by atoms with van der Waals surface area (Å²) < 4.78 is 25.4. The quantitative estimate of drug-likeness (QED) is 0.104. The number of anilines is 1. The number of Topliss-reactive ketones (excluding diaryl/α,β-unsaturated/α-hetero) is 1. The molecule has 5 nitrogen and oxygen atoms in total. The molecule has 0 bridgehead atoms. The topological polar surface area (TPSA) is 57.5 Å². The summed E-state index contributed by atoms with van der Waals surface area (Å²) in [6, 6.07) is 17.2. The number of ketones is 1. The van der Waals surface area contributed by atoms with Crippen molar-refractivity contribution in [2.24, 2.45) is 0 Å². The maximum atomic E-state index is 12.2. The first-order valence-corrected chi connectivity index (χ1v) is 17.8. The zero-order valence-electron chi connectivity index (χ0n) is 28.0. The van der Waals surface area contributed by atoms with Gasteiger partial charge in [-0.15, -0.1) is 0 Å². The molecule has 2 heterocycles. The summed E-state index contributed by atoms with van der Waals surface area (Å²) in [5, 5.41) is 0.970. The minimum absolute atomic E-state index is 0. The van der Waals surface area contributed by atoms with E-state index >= 15 is 0 Å². The van der Waals surface area contributed by atoms with Crippen LogP contribution in [0.3, 0.4) is 0 Å². The Labute approximate surface area is 294 Å². The molecule has 2 aromatic rings. The third-order valence-corrected chi connectivity index (χ3v) is 10.5. The van der Waals surface area contributed by atoms with Crippen molar-refractivity contribution in [3.8, 4) is 0 Å². The second-order valence-electron chi connectivity index (χ2n) is 13.0. The lowest BCUT2D eigenvalue weighted by atomic mass is 9.81. The van der Waals surface area contributed by atoms with Gasteiger partial charge in [0, 0.05) is 59.3 Å². The first-order chi connectivity index (χ1) is 21.4. The molecule has 2 aliphatic rings. The van der Waals surface area contributed by atoms with Crippen LogP contribution in [0.25, 0.3) is 0 Å². The van der Waals surface area contributed by atoms with Crippen LogP contribution < -0.4 is 28.9 Å². The van der Waals surface area contributed by atoms with Gasteiger partial charge in [-0.1, -0.05) is 93.6 Å². The molecule has 0 saturated heterocycles. The van der Waals surface area contributed by atoms with Gasteiger partial charge in [0.2, 0.25) is 5.69 Å². The molecular formula is C39H49IN2O3S. The molecule has 0 radical (unpaired) electrons. The fraction of sp³-hybridized carbons (Fsp3) is 0.385. The maximum absolute atomic E-state index is 12.2. The van der Waals surface area contributed by atoms with Crippen LogP contribution in [0.1, 0.15) is 77.3 Å². The molecule has 0 amide bonds. The molecule has 4 rings (SSSR count). The summed E-state index contributed by atoms with van der Waals surface area (Å²) in [7, 11) is -1.10. The molecule has 0 spiro atoms. The highest BCUT2D eigenvalue weighted by Gasteiger charge is 2.42. The number of rotatable bonds is 15. The molecule has 0 unspecified atom stereocenters. The molecule has 0 aromatic heterocycles. The van der Waals surface area contributed by atoms with E-state index in [1.165, 1.54) is 33.9 Å². The summed E-state index contributed by atoms with van der Waals surface area (Å²) in [6.45, 7) is 13.3. The summed E-state index contributed by atoms with van der Waals surface area (Å²) in [5.41, 5.74) is 7.61. The molecule has 7 heteroatoms. The highest BCUT2D eigenvalue weighted by atomic mass is 127. The minimum atomic E-state index is -3.24. The molecule has 2 aliphatic heterocycles. The van der Waals surface area contributed by atoms with Crippen LogP contribution in [0.5, 0.6) is 0 Å². The fourth-order valence-electron chi connectivity index (χ4n) is 6.62. The molecule has 46 heavy (non-hydrogen) atoms. The van der Waals surface area contributed by atoms with Gasteiger partial charge >= 0.3 is 0 Å². The average Bonchev–Trinajstić information content (AvgIpc) is 3.34. The van der Waals surface area contributed by atoms with Gasteiger partial charge in [0.25, 0.3) is 0 Å². The Bertz CT molecular complexity index is 1680. The number of hydrogen-bond donors (Lipinski definition) is 0. The van der Waals surface area contributed by atoms with Crippen molar-refractivity contribution >= 4 is 32.7 Å². The lowest BCUT2D eigenvalue weighted by molar-refractivity contribution is -0.401. The van der Waals surface area contributed by atoms with Gasteiger partial charge in [0.05, 0.1) is 11.2 Å². The molecule has 246 valence electrons. The van der Waals surface area contributed by atoms with E-state index in [9.17, 15) is 13.2 Å². The Balaban J connectivity index is 0.00000576. The van der Waals surface area contributed by atoms with Crippen LogP contribution in [-0.2, 0) is 25.5 Å². The first-order valence-electron chi connectivity index (χ1n) is 16.1. The van der Waals surface area contributed by atoms with Crippen molar-refractivity contribution in [1.29, 1.82) is 0 Å². The third-order valence-electron chi connectivity index (χ3n) is 9.17. The van der Waals surface area contributed by atoms with Crippen LogP contribution in [-0.4, -0.2) is 43.8 Å². The normalized spacial score (nSPS) is 17.7. The Hall–Kier alpha value is -3.04. The zero-order chi connectivity index (χ0) is 32.7. The number of carbonyl (C=O) groups excluding carboxylic acids is 1. The predicted molar refractivity (Wildman–Crippen MR) is 189 cm³/mol. The fourth-order valence-corrected chi connectivity index (χ4v) is 7.33. The van der Waals surface area contributed by atoms with Crippen molar-refractivity contribution in [3.05, 3.63) is 120 Å². The van der Waals surface area contributed by atoms with Gasteiger partial charge in [-0.2, -0.15) is 4.58 Å². The number of fused-ring (bicyclic) bond motifs is 2. The van der Waals surface area contributed by atoms with E-state index in [0.29, 0.717) is 19.3 Å². The van der Waals surface area contributed by atoms with Gasteiger partial charge in [-0.25, -0.2) is 8.42 Å². The van der Waals surface area contributed by atoms with Crippen molar-refractivity contribution in [3.63, 3.8) is 0 Å². The molecule has 0 saturated carbocycles. The van der Waals surface area contributed by atoms with E-state index in [1.807, 2.05) is 0 Å². The van der Waals surface area contributed by atoms with Crippen molar-refractivity contribution < 1.29 is 41.8 Å². The number of benzene rings is 2. The molecule has 0 atom stereocenters. The number of allylic oxidation sites excluding steroid dienone is 8. The monoisotopic (exact) mass is 752 g/mol. The second-order valence-corrected chi connectivity index (χ2v) is 15.1. The molecule has 0 N–H and O–H groups in total. The standard InChI is InChI=1S/C39H49N2O3S.HI/c1-7-45(43,44)30-20-22-31(42)21-12-11-19-29-41-35-26-18-16-24-33(35)39(4,5)37(41)28-14-10-8-9-13-27-36-38(2,3)32-23-15-17-25-34(32)40(36)6;/h7-10,13-18,23-28H,1,11-12,19-22,29-30H2,2-6H3;1H/q+1;/p-1. The smallest absolute Gasteiger partial charge is 0.209 e. The highest BCUT2D eigenvalue weighted by Crippen LogP contribution is 2.47. The summed E-state index contributed by atoms with van der Waals surface area (Å²) in [6.07, 6.45) is 18.9. The summed E-state index contributed by atoms with van der Waals surface area (Å²) in [4.78, 5) is 14.7. The summed E-state index contributed by atoms with van der Waals surface area (Å²) >= 11 is 0. The highest BCUT2D eigenvalue weighted by molar-refractivity contribution is 7.94. The van der Waals surface area contributed by atoms with Gasteiger partial charge in [0.15, 0.2) is 15.5 Å². The van der Waals surface area contributed by atoms with Crippen LogP contribution in [0.15, 0.2) is 109 Å². The van der Waals surface area contributed by atoms with E-state index in [2.05, 4.69) is 142 Å². The molecule has 0 fully saturated rings. The SMILES string of the molecule is C=CS(=O)(=O)CCCC(=O)CCCCCN1/C(=C/C=C/C=C/C=C/C2=[N+](C)c3ccccc3C2(C)C)C(C)(C)c2ccccc21.[I-]. The number of sulfone groups is 1. The van der Waals surface area contributed by atoms with E-state index in [-0.39, 0.29) is 46.3 Å². The van der Waals surface area contributed by atoms with Crippen molar-refractivity contribution in [2.75, 3.05) is 24.2 Å². The van der Waals surface area contributed by atoms with E-state index in [0.717, 1.165) is 31.2 Å². The lowest BCUT2D eigenvalue weighted by Crippen LogP contribution is -3.00. The van der Waals surface area contributed by atoms with Gasteiger partial charge in [-0.05, 0) is 50.8 Å². The number of nitrogens with zero attached hydrogens (tertiary/aromatic N) is 2.